The lowest BCUT2D eigenvalue weighted by atomic mass is 9.69. The topological polar surface area (TPSA) is 77.5 Å². The van der Waals surface area contributed by atoms with Crippen molar-refractivity contribution >= 4 is 51.7 Å². The second-order valence-electron chi connectivity index (χ2n) is 11.8. The predicted octanol–water partition coefficient (Wildman–Crippen LogP) is 8.15. The number of pyridine rings is 1. The fourth-order valence-corrected chi connectivity index (χ4v) is 5.58. The number of carbonyl (C=O) groups is 2. The molecule has 0 saturated heterocycles. The van der Waals surface area contributed by atoms with Crippen molar-refractivity contribution < 1.29 is 19.1 Å². The van der Waals surface area contributed by atoms with E-state index in [1.807, 2.05) is 55.5 Å². The van der Waals surface area contributed by atoms with Crippen LogP contribution in [-0.2, 0) is 16.0 Å². The molecular weight excluding hydrogens is 548 g/mol. The number of hydrogen-bond donors (Lipinski definition) is 1. The number of aromatic nitrogens is 1. The molecule has 6 nitrogen and oxygen atoms in total. The standard InChI is InChI=1S/C35H35ClN2O4/c1-21-28(36)10-8-12-29(21)37-31(39)20-42-34(40)32-26-9-6-7-11-30(26)38-33-23(17-22-13-15-25(41-5)16-14-22)18-24(19-27(32)33)35(2,3)4/h6-17,24H,18-20H2,1-5H3,(H,37,39)/b23-17-/t24-/m0/s1. The second kappa shape index (κ2) is 12.0. The number of amides is 1. The monoisotopic (exact) mass is 582 g/mol. The predicted molar refractivity (Wildman–Crippen MR) is 169 cm³/mol. The molecule has 1 amide bonds. The number of ether oxygens (including phenoxy) is 2. The van der Waals surface area contributed by atoms with Crippen LogP contribution in [0.3, 0.4) is 0 Å². The third-order valence-electron chi connectivity index (χ3n) is 7.98. The molecule has 1 N–H and O–H groups in total. The third-order valence-corrected chi connectivity index (χ3v) is 8.39. The van der Waals surface area contributed by atoms with E-state index in [1.165, 1.54) is 0 Å². The van der Waals surface area contributed by atoms with Gasteiger partial charge in [0.1, 0.15) is 5.75 Å². The molecule has 7 heteroatoms. The van der Waals surface area contributed by atoms with Gasteiger partial charge in [-0.15, -0.1) is 0 Å². The van der Waals surface area contributed by atoms with Crippen LogP contribution >= 0.6 is 11.6 Å². The average molecular weight is 583 g/mol. The molecule has 0 radical (unpaired) electrons. The minimum Gasteiger partial charge on any atom is -0.497 e. The Morgan fingerprint density at radius 2 is 1.76 bits per heavy atom. The molecule has 0 fully saturated rings. The summed E-state index contributed by atoms with van der Waals surface area (Å²) in [6, 6.07) is 20.8. The van der Waals surface area contributed by atoms with E-state index in [2.05, 4.69) is 32.2 Å². The van der Waals surface area contributed by atoms with Crippen LogP contribution in [0, 0.1) is 18.3 Å². The van der Waals surface area contributed by atoms with Crippen LogP contribution in [0.2, 0.25) is 5.02 Å². The molecule has 0 spiro atoms. The van der Waals surface area contributed by atoms with Gasteiger partial charge in [-0.3, -0.25) is 4.79 Å². The van der Waals surface area contributed by atoms with Crippen LogP contribution in [0.25, 0.3) is 22.6 Å². The first-order chi connectivity index (χ1) is 20.0. The van der Waals surface area contributed by atoms with Crippen molar-refractivity contribution in [2.75, 3.05) is 19.0 Å². The van der Waals surface area contributed by atoms with Gasteiger partial charge in [-0.05, 0) is 89.8 Å². The lowest BCUT2D eigenvalue weighted by Gasteiger charge is -2.36. The molecular formula is C35H35ClN2O4. The maximum Gasteiger partial charge on any atom is 0.339 e. The number of allylic oxidation sites excluding steroid dienone is 1. The van der Waals surface area contributed by atoms with Gasteiger partial charge >= 0.3 is 5.97 Å². The summed E-state index contributed by atoms with van der Waals surface area (Å²) in [5.41, 5.74) is 6.24. The summed E-state index contributed by atoms with van der Waals surface area (Å²) in [4.78, 5) is 31.7. The Balaban J connectivity index is 1.53. The summed E-state index contributed by atoms with van der Waals surface area (Å²) in [6.45, 7) is 8.07. The highest BCUT2D eigenvalue weighted by atomic mass is 35.5. The molecule has 5 rings (SSSR count). The summed E-state index contributed by atoms with van der Waals surface area (Å²) >= 11 is 6.20. The highest BCUT2D eigenvalue weighted by molar-refractivity contribution is 6.31. The molecule has 3 aromatic carbocycles. The van der Waals surface area contributed by atoms with E-state index < -0.39 is 18.5 Å². The quantitative estimate of drug-likeness (QED) is 0.232. The van der Waals surface area contributed by atoms with Gasteiger partial charge in [-0.25, -0.2) is 9.78 Å². The number of nitrogens with one attached hydrogen (secondary N) is 1. The lowest BCUT2D eigenvalue weighted by Crippen LogP contribution is -2.29. The van der Waals surface area contributed by atoms with Crippen LogP contribution in [0.5, 0.6) is 5.75 Å². The third kappa shape index (κ3) is 6.19. The van der Waals surface area contributed by atoms with E-state index in [4.69, 9.17) is 26.1 Å². The minimum absolute atomic E-state index is 0.0157. The first-order valence-corrected chi connectivity index (χ1v) is 14.4. The molecule has 1 heterocycles. The van der Waals surface area contributed by atoms with Crippen molar-refractivity contribution in [3.05, 3.63) is 99.7 Å². The van der Waals surface area contributed by atoms with E-state index in [0.29, 0.717) is 33.6 Å². The van der Waals surface area contributed by atoms with Crippen molar-refractivity contribution in [2.45, 2.75) is 40.5 Å². The van der Waals surface area contributed by atoms with Crippen LogP contribution < -0.4 is 10.1 Å². The van der Waals surface area contributed by atoms with Gasteiger partial charge in [0.05, 0.1) is 23.9 Å². The number of methoxy groups -OCH3 is 1. The first kappa shape index (κ1) is 29.3. The number of esters is 1. The molecule has 1 aliphatic carbocycles. The molecule has 1 aliphatic rings. The number of hydrogen-bond acceptors (Lipinski definition) is 5. The van der Waals surface area contributed by atoms with Gasteiger partial charge in [0.15, 0.2) is 6.61 Å². The fourth-order valence-electron chi connectivity index (χ4n) is 5.40. The fraction of sp³-hybridized carbons (Fsp3) is 0.286. The Bertz CT molecular complexity index is 1690. The Kier molecular flexibility index (Phi) is 8.37. The summed E-state index contributed by atoms with van der Waals surface area (Å²) in [5.74, 6) is 0.0744. The van der Waals surface area contributed by atoms with Crippen LogP contribution in [0.15, 0.2) is 66.7 Å². The molecule has 4 aromatic rings. The minimum atomic E-state index is -0.541. The van der Waals surface area contributed by atoms with Gasteiger partial charge in [-0.1, -0.05) is 68.8 Å². The molecule has 0 bridgehead atoms. The SMILES string of the molecule is COc1ccc(/C=C2/C[C@H](C(C)(C)C)Cc3c2nc2ccccc2c3C(=O)OCC(=O)Nc2cccc(Cl)c2C)cc1. The van der Waals surface area contributed by atoms with Crippen molar-refractivity contribution in [3.8, 4) is 5.75 Å². The second-order valence-corrected chi connectivity index (χ2v) is 12.2. The summed E-state index contributed by atoms with van der Waals surface area (Å²) in [6.07, 6.45) is 3.65. The van der Waals surface area contributed by atoms with Gasteiger partial charge < -0.3 is 14.8 Å². The van der Waals surface area contributed by atoms with E-state index in [0.717, 1.165) is 40.1 Å². The van der Waals surface area contributed by atoms with Gasteiger partial charge in [-0.2, -0.15) is 0 Å². The van der Waals surface area contributed by atoms with E-state index in [1.54, 1.807) is 25.3 Å². The summed E-state index contributed by atoms with van der Waals surface area (Å²) < 4.78 is 11.0. The highest BCUT2D eigenvalue weighted by Crippen LogP contribution is 2.45. The van der Waals surface area contributed by atoms with Crippen molar-refractivity contribution in [1.29, 1.82) is 0 Å². The molecule has 42 heavy (non-hydrogen) atoms. The molecule has 1 atom stereocenters. The number of nitrogens with zero attached hydrogens (tertiary/aromatic N) is 1. The molecule has 0 unspecified atom stereocenters. The smallest absolute Gasteiger partial charge is 0.339 e. The van der Waals surface area contributed by atoms with Crippen molar-refractivity contribution in [3.63, 3.8) is 0 Å². The van der Waals surface area contributed by atoms with Crippen LogP contribution in [-0.4, -0.2) is 30.6 Å². The van der Waals surface area contributed by atoms with E-state index in [9.17, 15) is 9.59 Å². The number of fused-ring (bicyclic) bond motifs is 2. The van der Waals surface area contributed by atoms with Crippen LogP contribution in [0.1, 0.15) is 59.9 Å². The van der Waals surface area contributed by atoms with Crippen LogP contribution in [0.4, 0.5) is 5.69 Å². The summed E-state index contributed by atoms with van der Waals surface area (Å²) in [7, 11) is 1.65. The van der Waals surface area contributed by atoms with Gasteiger partial charge in [0.2, 0.25) is 0 Å². The first-order valence-electron chi connectivity index (χ1n) is 14.0. The lowest BCUT2D eigenvalue weighted by molar-refractivity contribution is -0.119. The Morgan fingerprint density at radius 3 is 2.48 bits per heavy atom. The van der Waals surface area contributed by atoms with Gasteiger partial charge in [0, 0.05) is 16.1 Å². The zero-order valence-electron chi connectivity index (χ0n) is 24.6. The number of halogens is 1. The van der Waals surface area contributed by atoms with E-state index in [-0.39, 0.29) is 11.3 Å². The van der Waals surface area contributed by atoms with Crippen molar-refractivity contribution in [1.82, 2.24) is 4.98 Å². The maximum absolute atomic E-state index is 13.8. The highest BCUT2D eigenvalue weighted by Gasteiger charge is 2.35. The number of carbonyl (C=O) groups excluding carboxylic acids is 2. The van der Waals surface area contributed by atoms with Gasteiger partial charge in [0.25, 0.3) is 5.91 Å². The number of benzene rings is 3. The normalized spacial score (nSPS) is 15.8. The Labute approximate surface area is 251 Å². The zero-order chi connectivity index (χ0) is 30.0. The van der Waals surface area contributed by atoms with Crippen molar-refractivity contribution in [2.24, 2.45) is 11.3 Å². The zero-order valence-corrected chi connectivity index (χ0v) is 25.3. The number of anilines is 1. The largest absolute Gasteiger partial charge is 0.497 e. The molecule has 1 aromatic heterocycles. The number of rotatable bonds is 6. The molecule has 216 valence electrons. The average Bonchev–Trinajstić information content (AvgIpc) is 2.97. The Hall–Kier alpha value is -4.16. The Morgan fingerprint density at radius 1 is 1.02 bits per heavy atom. The maximum atomic E-state index is 13.8. The molecule has 0 aliphatic heterocycles. The van der Waals surface area contributed by atoms with E-state index >= 15 is 0 Å². The molecule has 0 saturated carbocycles. The number of para-hydroxylation sites is 1. The summed E-state index contributed by atoms with van der Waals surface area (Å²) in [5, 5.41) is 4.06.